The summed E-state index contributed by atoms with van der Waals surface area (Å²) in [5.41, 5.74) is 0. The first kappa shape index (κ1) is 15.3. The lowest BCUT2D eigenvalue weighted by Crippen LogP contribution is -2.52. The molecule has 2 amide bonds. The number of hydrogen-bond donors (Lipinski definition) is 1. The van der Waals surface area contributed by atoms with Gasteiger partial charge in [-0.25, -0.2) is 0 Å². The zero-order chi connectivity index (χ0) is 14.7. The zero-order valence-corrected chi connectivity index (χ0v) is 12.9. The lowest BCUT2D eigenvalue weighted by atomic mass is 9.91. The van der Waals surface area contributed by atoms with Crippen molar-refractivity contribution in [2.24, 2.45) is 11.8 Å². The van der Waals surface area contributed by atoms with Gasteiger partial charge in [-0.15, -0.1) is 0 Å². The molecule has 2 saturated heterocycles. The van der Waals surface area contributed by atoms with Crippen LogP contribution in [0.5, 0.6) is 0 Å². The molecule has 0 bridgehead atoms. The fraction of sp³-hybridized carbons (Fsp3) is 0.867. The van der Waals surface area contributed by atoms with Gasteiger partial charge in [0.25, 0.3) is 0 Å². The van der Waals surface area contributed by atoms with Crippen LogP contribution in [0.4, 0.5) is 0 Å². The van der Waals surface area contributed by atoms with Gasteiger partial charge < -0.3 is 15.1 Å². The number of carbonyl (C=O) groups is 2. The molecule has 2 rings (SSSR count). The molecule has 5 nitrogen and oxygen atoms in total. The number of nitrogens with zero attached hydrogens (tertiary/aromatic N) is 2. The van der Waals surface area contributed by atoms with E-state index in [2.05, 4.69) is 12.2 Å². The van der Waals surface area contributed by atoms with Crippen LogP contribution in [0.1, 0.15) is 32.6 Å². The summed E-state index contributed by atoms with van der Waals surface area (Å²) in [6.07, 6.45) is 3.69. The number of piperidine rings is 2. The minimum absolute atomic E-state index is 0.0140. The van der Waals surface area contributed by atoms with Gasteiger partial charge in [0.2, 0.25) is 11.8 Å². The van der Waals surface area contributed by atoms with Gasteiger partial charge in [-0.05, 0) is 38.1 Å². The summed E-state index contributed by atoms with van der Waals surface area (Å²) in [6.45, 7) is 4.58. The molecule has 2 aliphatic heterocycles. The highest BCUT2D eigenvalue weighted by molar-refractivity contribution is 5.83. The average molecular weight is 281 g/mol. The van der Waals surface area contributed by atoms with Crippen LogP contribution >= 0.6 is 0 Å². The average Bonchev–Trinajstić information content (AvgIpc) is 2.46. The third-order valence-electron chi connectivity index (χ3n) is 4.56. The minimum atomic E-state index is -0.0140. The molecule has 2 unspecified atom stereocenters. The van der Waals surface area contributed by atoms with Gasteiger partial charge in [0.1, 0.15) is 0 Å². The van der Waals surface area contributed by atoms with Crippen LogP contribution in [0.3, 0.4) is 0 Å². The van der Waals surface area contributed by atoms with E-state index in [0.29, 0.717) is 5.92 Å². The molecule has 0 aromatic rings. The van der Waals surface area contributed by atoms with Crippen LogP contribution in [-0.2, 0) is 9.59 Å². The van der Waals surface area contributed by atoms with Crippen LogP contribution in [0, 0.1) is 11.8 Å². The van der Waals surface area contributed by atoms with E-state index in [4.69, 9.17) is 0 Å². The molecule has 0 aromatic heterocycles. The Morgan fingerprint density at radius 1 is 1.15 bits per heavy atom. The van der Waals surface area contributed by atoms with Crippen molar-refractivity contribution in [1.82, 2.24) is 15.1 Å². The summed E-state index contributed by atoms with van der Waals surface area (Å²) >= 11 is 0. The third kappa shape index (κ3) is 3.51. The fourth-order valence-corrected chi connectivity index (χ4v) is 3.23. The molecule has 0 saturated carbocycles. The maximum Gasteiger partial charge on any atom is 0.239 e. The topological polar surface area (TPSA) is 52.7 Å². The second-order valence-electron chi connectivity index (χ2n) is 6.47. The smallest absolute Gasteiger partial charge is 0.239 e. The Balaban J connectivity index is 1.84. The Kier molecular flexibility index (Phi) is 5.02. The number of amides is 2. The van der Waals surface area contributed by atoms with Crippen LogP contribution in [0.15, 0.2) is 0 Å². The summed E-state index contributed by atoms with van der Waals surface area (Å²) in [7, 11) is 3.60. The van der Waals surface area contributed by atoms with Crippen LogP contribution in [0.25, 0.3) is 0 Å². The third-order valence-corrected chi connectivity index (χ3v) is 4.56. The molecule has 2 fully saturated rings. The molecule has 20 heavy (non-hydrogen) atoms. The lowest BCUT2D eigenvalue weighted by molar-refractivity contribution is -0.140. The van der Waals surface area contributed by atoms with E-state index in [1.165, 1.54) is 0 Å². The fourth-order valence-electron chi connectivity index (χ4n) is 3.23. The first-order chi connectivity index (χ1) is 9.49. The maximum absolute atomic E-state index is 12.5. The van der Waals surface area contributed by atoms with Crippen LogP contribution in [-0.4, -0.2) is 61.4 Å². The first-order valence-electron chi connectivity index (χ1n) is 7.72. The first-order valence-corrected chi connectivity index (χ1v) is 7.72. The molecule has 5 heteroatoms. The molecule has 0 aliphatic carbocycles. The molecule has 114 valence electrons. The van der Waals surface area contributed by atoms with E-state index in [9.17, 15) is 9.59 Å². The van der Waals surface area contributed by atoms with Crippen LogP contribution < -0.4 is 5.32 Å². The molecule has 0 radical (unpaired) electrons. The molecule has 1 N–H and O–H groups in total. The molecule has 2 aliphatic rings. The Bertz CT molecular complexity index is 362. The predicted octanol–water partition coefficient (Wildman–Crippen LogP) is 0.701. The maximum atomic E-state index is 12.5. The highest BCUT2D eigenvalue weighted by atomic mass is 16.2. The van der Waals surface area contributed by atoms with Crippen molar-refractivity contribution in [1.29, 1.82) is 0 Å². The Labute approximate surface area is 121 Å². The molecule has 2 heterocycles. The second-order valence-corrected chi connectivity index (χ2v) is 6.47. The largest absolute Gasteiger partial charge is 0.349 e. The summed E-state index contributed by atoms with van der Waals surface area (Å²) in [4.78, 5) is 28.0. The quantitative estimate of drug-likeness (QED) is 0.811. The van der Waals surface area contributed by atoms with Gasteiger partial charge in [-0.3, -0.25) is 9.59 Å². The van der Waals surface area contributed by atoms with Crippen molar-refractivity contribution < 1.29 is 9.59 Å². The van der Waals surface area contributed by atoms with Crippen molar-refractivity contribution in [3.63, 3.8) is 0 Å². The van der Waals surface area contributed by atoms with E-state index < -0.39 is 0 Å². The number of nitrogens with one attached hydrogen (secondary N) is 1. The van der Waals surface area contributed by atoms with E-state index in [-0.39, 0.29) is 23.8 Å². The zero-order valence-electron chi connectivity index (χ0n) is 12.9. The Hall–Kier alpha value is -1.10. The molecule has 0 spiro atoms. The Morgan fingerprint density at radius 3 is 2.35 bits per heavy atom. The van der Waals surface area contributed by atoms with Crippen molar-refractivity contribution in [2.75, 3.05) is 33.7 Å². The SMILES string of the molecule is CC1CCNC(C(=O)N2CCC(C(=O)N(C)C)CC2)C1. The van der Waals surface area contributed by atoms with Crippen LogP contribution in [0.2, 0.25) is 0 Å². The van der Waals surface area contributed by atoms with Gasteiger partial charge in [0, 0.05) is 33.1 Å². The number of carbonyl (C=O) groups excluding carboxylic acids is 2. The molecular formula is C15H27N3O2. The van der Waals surface area contributed by atoms with Gasteiger partial charge in [-0.2, -0.15) is 0 Å². The Morgan fingerprint density at radius 2 is 1.80 bits per heavy atom. The summed E-state index contributed by atoms with van der Waals surface area (Å²) in [5.74, 6) is 1.14. The van der Waals surface area contributed by atoms with Gasteiger partial charge in [0.15, 0.2) is 0 Å². The number of hydrogen-bond acceptors (Lipinski definition) is 3. The number of rotatable bonds is 2. The summed E-state index contributed by atoms with van der Waals surface area (Å²) < 4.78 is 0. The number of likely N-dealkylation sites (tertiary alicyclic amines) is 1. The van der Waals surface area contributed by atoms with Crippen molar-refractivity contribution in [3.05, 3.63) is 0 Å². The van der Waals surface area contributed by atoms with E-state index in [1.807, 2.05) is 4.90 Å². The highest BCUT2D eigenvalue weighted by Gasteiger charge is 2.32. The van der Waals surface area contributed by atoms with Gasteiger partial charge in [-0.1, -0.05) is 6.92 Å². The normalized spacial score (nSPS) is 28.2. The van der Waals surface area contributed by atoms with E-state index in [0.717, 1.165) is 45.3 Å². The van der Waals surface area contributed by atoms with Gasteiger partial charge >= 0.3 is 0 Å². The molecule has 2 atom stereocenters. The van der Waals surface area contributed by atoms with Crippen molar-refractivity contribution >= 4 is 11.8 Å². The van der Waals surface area contributed by atoms with Crippen molar-refractivity contribution in [3.8, 4) is 0 Å². The molecule has 0 aromatic carbocycles. The van der Waals surface area contributed by atoms with Gasteiger partial charge in [0.05, 0.1) is 6.04 Å². The van der Waals surface area contributed by atoms with E-state index in [1.54, 1.807) is 19.0 Å². The summed E-state index contributed by atoms with van der Waals surface area (Å²) in [5, 5.41) is 3.33. The summed E-state index contributed by atoms with van der Waals surface area (Å²) in [6, 6.07) is -0.0140. The molecular weight excluding hydrogens is 254 g/mol. The monoisotopic (exact) mass is 281 g/mol. The predicted molar refractivity (Wildman–Crippen MR) is 78.2 cm³/mol. The minimum Gasteiger partial charge on any atom is -0.349 e. The second kappa shape index (κ2) is 6.57. The van der Waals surface area contributed by atoms with E-state index >= 15 is 0 Å². The highest BCUT2D eigenvalue weighted by Crippen LogP contribution is 2.22. The lowest BCUT2D eigenvalue weighted by Gasteiger charge is -2.36. The van der Waals surface area contributed by atoms with Crippen molar-refractivity contribution in [2.45, 2.75) is 38.6 Å². The standard InChI is InChI=1S/C15H27N3O2/c1-11-4-7-16-13(10-11)15(20)18-8-5-12(6-9-18)14(19)17(2)3/h11-13,16H,4-10H2,1-3H3.